The first kappa shape index (κ1) is 17.8. The molecule has 0 atom stereocenters. The van der Waals surface area contributed by atoms with E-state index >= 15 is 0 Å². The van der Waals surface area contributed by atoms with Gasteiger partial charge in [-0.05, 0) is 30.3 Å². The summed E-state index contributed by atoms with van der Waals surface area (Å²) in [5.74, 6) is 1.18. The predicted octanol–water partition coefficient (Wildman–Crippen LogP) is 2.40. The number of hydrogen-bond donors (Lipinski definition) is 0. The highest BCUT2D eigenvalue weighted by atomic mass is 32.2. The van der Waals surface area contributed by atoms with Crippen molar-refractivity contribution in [2.45, 2.75) is 11.4 Å². The lowest BCUT2D eigenvalue weighted by molar-refractivity contribution is 0.384. The van der Waals surface area contributed by atoms with Gasteiger partial charge in [-0.25, -0.2) is 8.42 Å². The molecule has 24 heavy (non-hydrogen) atoms. The van der Waals surface area contributed by atoms with E-state index < -0.39 is 10.0 Å². The second-order valence-corrected chi connectivity index (χ2v) is 7.12. The molecule has 0 N–H and O–H groups in total. The summed E-state index contributed by atoms with van der Waals surface area (Å²) in [7, 11) is 0.904. The fraction of sp³-hybridized carbons (Fsp3) is 0.235. The lowest BCUT2D eigenvalue weighted by Crippen LogP contribution is -2.26. The Bertz CT molecular complexity index is 855. The highest BCUT2D eigenvalue weighted by molar-refractivity contribution is 7.89. The molecular formula is C17H18N2O4S. The minimum absolute atomic E-state index is 0.136. The molecule has 0 aliphatic rings. The first-order chi connectivity index (χ1) is 11.4. The van der Waals surface area contributed by atoms with E-state index in [4.69, 9.17) is 14.7 Å². The molecular weight excluding hydrogens is 328 g/mol. The number of benzene rings is 2. The summed E-state index contributed by atoms with van der Waals surface area (Å²) in [5, 5.41) is 8.80. The van der Waals surface area contributed by atoms with E-state index in [2.05, 4.69) is 0 Å². The van der Waals surface area contributed by atoms with E-state index in [0.29, 0.717) is 17.1 Å². The van der Waals surface area contributed by atoms with Crippen LogP contribution in [0.2, 0.25) is 0 Å². The zero-order valence-corrected chi connectivity index (χ0v) is 14.5. The van der Waals surface area contributed by atoms with Crippen molar-refractivity contribution in [3.8, 4) is 17.6 Å². The third kappa shape index (κ3) is 3.67. The standard InChI is InChI=1S/C17H18N2O4S/c1-19(12-14-6-7-15(22-2)10-17(14)23-3)24(20,21)16-8-4-13(11-18)5-9-16/h4-10H,12H2,1-3H3. The average molecular weight is 346 g/mol. The van der Waals surface area contributed by atoms with Crippen LogP contribution in [0.3, 0.4) is 0 Å². The molecule has 2 aromatic rings. The zero-order valence-electron chi connectivity index (χ0n) is 13.7. The smallest absolute Gasteiger partial charge is 0.243 e. The summed E-state index contributed by atoms with van der Waals surface area (Å²) in [6, 6.07) is 13.0. The summed E-state index contributed by atoms with van der Waals surface area (Å²) in [5.41, 5.74) is 1.13. The summed E-state index contributed by atoms with van der Waals surface area (Å²) >= 11 is 0. The molecule has 0 saturated heterocycles. The van der Waals surface area contributed by atoms with Crippen LogP contribution in [0.25, 0.3) is 0 Å². The maximum absolute atomic E-state index is 12.6. The van der Waals surface area contributed by atoms with Gasteiger partial charge in [0.1, 0.15) is 11.5 Å². The number of sulfonamides is 1. The lowest BCUT2D eigenvalue weighted by Gasteiger charge is -2.19. The fourth-order valence-electron chi connectivity index (χ4n) is 2.19. The van der Waals surface area contributed by atoms with Crippen molar-refractivity contribution in [2.75, 3.05) is 21.3 Å². The van der Waals surface area contributed by atoms with Gasteiger partial charge in [-0.15, -0.1) is 0 Å². The minimum atomic E-state index is -3.67. The Kier molecular flexibility index (Phi) is 5.44. The Morgan fingerprint density at radius 2 is 1.75 bits per heavy atom. The van der Waals surface area contributed by atoms with E-state index in [0.717, 1.165) is 5.56 Å². The zero-order chi connectivity index (χ0) is 17.7. The molecule has 0 fully saturated rings. The SMILES string of the molecule is COc1ccc(CN(C)S(=O)(=O)c2ccc(C#N)cc2)c(OC)c1. The third-order valence-electron chi connectivity index (χ3n) is 3.58. The largest absolute Gasteiger partial charge is 0.497 e. The molecule has 0 radical (unpaired) electrons. The number of methoxy groups -OCH3 is 2. The molecule has 0 saturated carbocycles. The maximum Gasteiger partial charge on any atom is 0.243 e. The van der Waals surface area contributed by atoms with E-state index in [1.807, 2.05) is 6.07 Å². The summed E-state index contributed by atoms with van der Waals surface area (Å²) in [6.45, 7) is 0.148. The molecule has 0 aliphatic carbocycles. The van der Waals surface area contributed by atoms with Crippen LogP contribution in [0.4, 0.5) is 0 Å². The van der Waals surface area contributed by atoms with E-state index in [1.165, 1.54) is 42.7 Å². The van der Waals surface area contributed by atoms with Gasteiger partial charge < -0.3 is 9.47 Å². The minimum Gasteiger partial charge on any atom is -0.497 e. The molecule has 0 aromatic heterocycles. The van der Waals surface area contributed by atoms with Gasteiger partial charge >= 0.3 is 0 Å². The highest BCUT2D eigenvalue weighted by Crippen LogP contribution is 2.27. The van der Waals surface area contributed by atoms with Crippen molar-refractivity contribution in [3.63, 3.8) is 0 Å². The molecule has 6 nitrogen and oxygen atoms in total. The number of hydrogen-bond acceptors (Lipinski definition) is 5. The van der Waals surface area contributed by atoms with Gasteiger partial charge in [0.2, 0.25) is 10.0 Å². The summed E-state index contributed by atoms with van der Waals surface area (Å²) < 4.78 is 36.9. The fourth-order valence-corrected chi connectivity index (χ4v) is 3.34. The van der Waals surface area contributed by atoms with Crippen molar-refractivity contribution < 1.29 is 17.9 Å². The Morgan fingerprint density at radius 3 is 2.29 bits per heavy atom. The molecule has 0 heterocycles. The average Bonchev–Trinajstić information content (AvgIpc) is 2.61. The van der Waals surface area contributed by atoms with Gasteiger partial charge in [-0.1, -0.05) is 6.07 Å². The number of ether oxygens (including phenoxy) is 2. The van der Waals surface area contributed by atoms with Gasteiger partial charge in [0, 0.05) is 25.2 Å². The topological polar surface area (TPSA) is 79.6 Å². The monoisotopic (exact) mass is 346 g/mol. The van der Waals surface area contributed by atoms with E-state index in [1.54, 1.807) is 25.3 Å². The molecule has 2 rings (SSSR count). The molecule has 0 unspecified atom stereocenters. The Hall–Kier alpha value is -2.56. The molecule has 2 aromatic carbocycles. The quantitative estimate of drug-likeness (QED) is 0.802. The van der Waals surface area contributed by atoms with Crippen molar-refractivity contribution in [1.29, 1.82) is 5.26 Å². The second-order valence-electron chi connectivity index (χ2n) is 5.08. The van der Waals surface area contributed by atoms with Crippen LogP contribution in [0.15, 0.2) is 47.4 Å². The normalized spacial score (nSPS) is 11.1. The first-order valence-electron chi connectivity index (χ1n) is 7.09. The number of nitrogens with zero attached hydrogens (tertiary/aromatic N) is 2. The van der Waals surface area contributed by atoms with Gasteiger partial charge in [-0.2, -0.15) is 9.57 Å². The summed E-state index contributed by atoms with van der Waals surface area (Å²) in [4.78, 5) is 0.136. The van der Waals surface area contributed by atoms with Gasteiger partial charge in [0.25, 0.3) is 0 Å². The number of rotatable bonds is 6. The van der Waals surface area contributed by atoms with Crippen LogP contribution in [0.1, 0.15) is 11.1 Å². The Balaban J connectivity index is 2.27. The Labute approximate surface area is 141 Å². The van der Waals surface area contributed by atoms with Crippen LogP contribution in [-0.4, -0.2) is 34.0 Å². The molecule has 7 heteroatoms. The maximum atomic E-state index is 12.6. The second kappa shape index (κ2) is 7.34. The van der Waals surface area contributed by atoms with Gasteiger partial charge in [0.15, 0.2) is 0 Å². The predicted molar refractivity (Wildman–Crippen MR) is 89.4 cm³/mol. The van der Waals surface area contributed by atoms with Crippen LogP contribution < -0.4 is 9.47 Å². The van der Waals surface area contributed by atoms with Gasteiger partial charge in [0.05, 0.1) is 30.7 Å². The molecule has 0 spiro atoms. The number of nitriles is 1. The molecule has 126 valence electrons. The third-order valence-corrected chi connectivity index (χ3v) is 5.40. The van der Waals surface area contributed by atoms with E-state index in [9.17, 15) is 8.42 Å². The molecule has 0 aliphatic heterocycles. The van der Waals surface area contributed by atoms with Crippen molar-refractivity contribution in [3.05, 3.63) is 53.6 Å². The molecule has 0 bridgehead atoms. The van der Waals surface area contributed by atoms with Crippen LogP contribution in [-0.2, 0) is 16.6 Å². The van der Waals surface area contributed by atoms with Crippen LogP contribution in [0, 0.1) is 11.3 Å². The summed E-state index contributed by atoms with van der Waals surface area (Å²) in [6.07, 6.45) is 0. The van der Waals surface area contributed by atoms with Gasteiger partial charge in [-0.3, -0.25) is 0 Å². The van der Waals surface area contributed by atoms with E-state index in [-0.39, 0.29) is 11.4 Å². The lowest BCUT2D eigenvalue weighted by atomic mass is 10.2. The van der Waals surface area contributed by atoms with Crippen molar-refractivity contribution >= 4 is 10.0 Å². The van der Waals surface area contributed by atoms with Crippen LogP contribution in [0.5, 0.6) is 11.5 Å². The Morgan fingerprint density at radius 1 is 1.08 bits per heavy atom. The highest BCUT2D eigenvalue weighted by Gasteiger charge is 2.22. The van der Waals surface area contributed by atoms with Crippen molar-refractivity contribution in [1.82, 2.24) is 4.31 Å². The van der Waals surface area contributed by atoms with Crippen LogP contribution >= 0.6 is 0 Å². The molecule has 0 amide bonds. The van der Waals surface area contributed by atoms with Crippen molar-refractivity contribution in [2.24, 2.45) is 0 Å². The first-order valence-corrected chi connectivity index (χ1v) is 8.53.